The van der Waals surface area contributed by atoms with Gasteiger partial charge in [-0.15, -0.1) is 4.90 Å². The van der Waals surface area contributed by atoms with E-state index in [1.807, 2.05) is 6.07 Å². The fraction of sp³-hybridized carbons (Fsp3) is 0.467. The summed E-state index contributed by atoms with van der Waals surface area (Å²) in [6, 6.07) is 7.12. The Morgan fingerprint density at radius 3 is 2.17 bits per heavy atom. The van der Waals surface area contributed by atoms with E-state index < -0.39 is 24.2 Å². The summed E-state index contributed by atoms with van der Waals surface area (Å²) in [5, 5.41) is 60.7. The Hall–Kier alpha value is -1.52. The molecule has 0 aliphatic rings. The molecule has 0 bridgehead atoms. The number of benzene rings is 1. The normalized spacial score (nSPS) is 14.0. The molecule has 8 nitrogen and oxygen atoms in total. The summed E-state index contributed by atoms with van der Waals surface area (Å²) >= 11 is 0. The van der Waals surface area contributed by atoms with E-state index in [2.05, 4.69) is 4.98 Å². The van der Waals surface area contributed by atoms with E-state index in [9.17, 15) is 30.6 Å². The van der Waals surface area contributed by atoms with Crippen LogP contribution in [0.3, 0.4) is 0 Å². The van der Waals surface area contributed by atoms with Gasteiger partial charge < -0.3 is 35.6 Å². The molecule has 0 amide bonds. The number of aromatic nitrogens is 1. The van der Waals surface area contributed by atoms with Gasteiger partial charge >= 0.3 is 0 Å². The molecule has 0 aliphatic carbocycles. The summed E-state index contributed by atoms with van der Waals surface area (Å²) in [5.41, 5.74) is 1.22. The molecule has 1 heterocycles. The molecular formula is C15H22N2O6. The summed E-state index contributed by atoms with van der Waals surface area (Å²) in [5.74, 6) is -8.65. The van der Waals surface area contributed by atoms with Crippen LogP contribution in [0, 0.1) is 0 Å². The standard InChI is InChI=1S/C15H22N2O6/c1-3-14(20,21)17(13(2,18)19)15(22,23)8-10-9-16-12-7-5-4-6-11(10)12/h4-7,9,16,18-23H,3,8H2,1-2H3. The van der Waals surface area contributed by atoms with Crippen molar-refractivity contribution in [3.05, 3.63) is 36.0 Å². The SMILES string of the molecule is CCC(O)(O)N(C(C)(O)O)C(O)(O)Cc1c[nH]c2ccccc12. The zero-order valence-corrected chi connectivity index (χ0v) is 12.9. The smallest absolute Gasteiger partial charge is 0.237 e. The highest BCUT2D eigenvalue weighted by Gasteiger charge is 2.53. The van der Waals surface area contributed by atoms with Gasteiger partial charge in [0.25, 0.3) is 0 Å². The summed E-state index contributed by atoms with van der Waals surface area (Å²) < 4.78 is 0. The van der Waals surface area contributed by atoms with Gasteiger partial charge in [0.05, 0.1) is 0 Å². The predicted molar refractivity (Wildman–Crippen MR) is 81.3 cm³/mol. The topological polar surface area (TPSA) is 140 Å². The van der Waals surface area contributed by atoms with Crippen molar-refractivity contribution < 1.29 is 30.6 Å². The van der Waals surface area contributed by atoms with Crippen molar-refractivity contribution in [2.45, 2.75) is 44.4 Å². The average molecular weight is 326 g/mol. The highest BCUT2D eigenvalue weighted by atomic mass is 16.6. The molecule has 1 aromatic heterocycles. The van der Waals surface area contributed by atoms with E-state index in [4.69, 9.17) is 0 Å². The Morgan fingerprint density at radius 1 is 1.00 bits per heavy atom. The van der Waals surface area contributed by atoms with E-state index in [-0.39, 0.29) is 11.3 Å². The molecule has 0 spiro atoms. The fourth-order valence-corrected chi connectivity index (χ4v) is 2.74. The molecule has 7 N–H and O–H groups in total. The number of rotatable bonds is 6. The second kappa shape index (κ2) is 5.84. The fourth-order valence-electron chi connectivity index (χ4n) is 2.74. The first-order valence-electron chi connectivity index (χ1n) is 7.18. The van der Waals surface area contributed by atoms with Crippen LogP contribution in [0.1, 0.15) is 25.8 Å². The van der Waals surface area contributed by atoms with Crippen LogP contribution in [-0.2, 0) is 6.42 Å². The van der Waals surface area contributed by atoms with Crippen molar-refractivity contribution in [3.8, 4) is 0 Å². The van der Waals surface area contributed by atoms with Crippen LogP contribution in [-0.4, -0.2) is 58.3 Å². The number of nitrogens with one attached hydrogen (secondary N) is 1. The Kier molecular flexibility index (Phi) is 4.53. The van der Waals surface area contributed by atoms with Crippen LogP contribution in [0.2, 0.25) is 0 Å². The average Bonchev–Trinajstić information content (AvgIpc) is 2.79. The first-order valence-corrected chi connectivity index (χ1v) is 7.18. The lowest BCUT2D eigenvalue weighted by molar-refractivity contribution is -0.470. The lowest BCUT2D eigenvalue weighted by Crippen LogP contribution is -2.70. The number of para-hydroxylation sites is 1. The zero-order chi connectivity index (χ0) is 17.5. The number of nitrogens with zero attached hydrogens (tertiary/aromatic N) is 1. The van der Waals surface area contributed by atoms with Crippen molar-refractivity contribution in [3.63, 3.8) is 0 Å². The molecule has 0 unspecified atom stereocenters. The Labute approximate surface area is 132 Å². The lowest BCUT2D eigenvalue weighted by atomic mass is 10.1. The first kappa shape index (κ1) is 17.8. The number of aromatic amines is 1. The lowest BCUT2D eigenvalue weighted by Gasteiger charge is -2.47. The number of hydrogen-bond donors (Lipinski definition) is 7. The molecule has 128 valence electrons. The van der Waals surface area contributed by atoms with E-state index in [1.165, 1.54) is 6.92 Å². The Balaban J connectivity index is 2.42. The third-order valence-electron chi connectivity index (χ3n) is 3.72. The predicted octanol–water partition coefficient (Wildman–Crippen LogP) is -0.643. The second-order valence-electron chi connectivity index (χ2n) is 5.74. The van der Waals surface area contributed by atoms with E-state index >= 15 is 0 Å². The molecule has 23 heavy (non-hydrogen) atoms. The molecule has 0 aliphatic heterocycles. The van der Waals surface area contributed by atoms with Gasteiger partial charge in [-0.1, -0.05) is 25.1 Å². The minimum atomic E-state index is -2.93. The van der Waals surface area contributed by atoms with Crippen LogP contribution >= 0.6 is 0 Å². The van der Waals surface area contributed by atoms with Gasteiger partial charge in [0.1, 0.15) is 0 Å². The van der Waals surface area contributed by atoms with Crippen LogP contribution in [0.25, 0.3) is 10.9 Å². The van der Waals surface area contributed by atoms with E-state index in [0.29, 0.717) is 10.9 Å². The maximum atomic E-state index is 10.3. The quantitative estimate of drug-likeness (QED) is 0.350. The molecule has 8 heteroatoms. The maximum Gasteiger partial charge on any atom is 0.237 e. The van der Waals surface area contributed by atoms with Gasteiger partial charge in [-0.2, -0.15) is 0 Å². The van der Waals surface area contributed by atoms with Crippen molar-refractivity contribution in [2.24, 2.45) is 0 Å². The van der Waals surface area contributed by atoms with Gasteiger partial charge in [0.2, 0.25) is 17.7 Å². The highest BCUT2D eigenvalue weighted by molar-refractivity contribution is 5.83. The number of H-pyrrole nitrogens is 1. The summed E-state index contributed by atoms with van der Waals surface area (Å²) in [6.45, 7) is 2.15. The van der Waals surface area contributed by atoms with Gasteiger partial charge in [-0.25, -0.2) is 0 Å². The molecular weight excluding hydrogens is 304 g/mol. The third kappa shape index (κ3) is 3.54. The number of fused-ring (bicyclic) bond motifs is 1. The molecule has 0 atom stereocenters. The van der Waals surface area contributed by atoms with Crippen molar-refractivity contribution >= 4 is 10.9 Å². The first-order chi connectivity index (χ1) is 10.5. The summed E-state index contributed by atoms with van der Waals surface area (Å²) in [7, 11) is 0. The molecule has 0 fully saturated rings. The monoisotopic (exact) mass is 326 g/mol. The minimum absolute atomic E-state index is 0.0365. The molecule has 1 aromatic carbocycles. The highest BCUT2D eigenvalue weighted by Crippen LogP contribution is 2.32. The molecule has 0 radical (unpaired) electrons. The second-order valence-corrected chi connectivity index (χ2v) is 5.74. The van der Waals surface area contributed by atoms with Gasteiger partial charge in [0.15, 0.2) is 0 Å². The molecule has 0 saturated carbocycles. The van der Waals surface area contributed by atoms with E-state index in [1.54, 1.807) is 24.4 Å². The van der Waals surface area contributed by atoms with Crippen LogP contribution in [0.4, 0.5) is 0 Å². The van der Waals surface area contributed by atoms with Gasteiger partial charge in [-0.3, -0.25) is 0 Å². The maximum absolute atomic E-state index is 10.3. The molecule has 2 rings (SSSR count). The zero-order valence-electron chi connectivity index (χ0n) is 12.9. The largest absolute Gasteiger partial charge is 0.361 e. The Bertz CT molecular complexity index is 674. The Morgan fingerprint density at radius 2 is 1.61 bits per heavy atom. The third-order valence-corrected chi connectivity index (χ3v) is 3.72. The number of aliphatic hydroxyl groups is 6. The van der Waals surface area contributed by atoms with Gasteiger partial charge in [-0.05, 0) is 11.6 Å². The van der Waals surface area contributed by atoms with Crippen molar-refractivity contribution in [1.29, 1.82) is 0 Å². The molecule has 0 saturated heterocycles. The molecule has 2 aromatic rings. The van der Waals surface area contributed by atoms with Gasteiger partial charge in [0, 0.05) is 36.9 Å². The summed E-state index contributed by atoms with van der Waals surface area (Å²) in [4.78, 5) is 2.99. The number of hydrogen-bond acceptors (Lipinski definition) is 7. The van der Waals surface area contributed by atoms with E-state index in [0.717, 1.165) is 12.4 Å². The van der Waals surface area contributed by atoms with Crippen LogP contribution in [0.15, 0.2) is 30.5 Å². The van der Waals surface area contributed by atoms with Crippen molar-refractivity contribution in [1.82, 2.24) is 9.88 Å². The minimum Gasteiger partial charge on any atom is -0.361 e. The summed E-state index contributed by atoms with van der Waals surface area (Å²) in [6.07, 6.45) is 0.662. The van der Waals surface area contributed by atoms with Crippen LogP contribution in [0.5, 0.6) is 0 Å². The van der Waals surface area contributed by atoms with Crippen molar-refractivity contribution in [2.75, 3.05) is 0 Å². The van der Waals surface area contributed by atoms with Crippen LogP contribution < -0.4 is 0 Å².